The Morgan fingerprint density at radius 1 is 1.08 bits per heavy atom. The van der Waals surface area contributed by atoms with Gasteiger partial charge in [-0.3, -0.25) is 9.59 Å². The molecule has 0 spiro atoms. The number of anilines is 1. The summed E-state index contributed by atoms with van der Waals surface area (Å²) in [6.07, 6.45) is -0.773. The number of carbonyl (C=O) groups excluding carboxylic acids is 2. The number of nitrogens with two attached hydrogens (primary N) is 1. The van der Waals surface area contributed by atoms with Crippen LogP contribution in [0.1, 0.15) is 34.0 Å². The number of amides is 2. The van der Waals surface area contributed by atoms with E-state index in [1.54, 1.807) is 31.2 Å². The fourth-order valence-corrected chi connectivity index (χ4v) is 2.62. The number of rotatable bonds is 5. The molecule has 0 heterocycles. The van der Waals surface area contributed by atoms with Gasteiger partial charge in [0.1, 0.15) is 5.75 Å². The van der Waals surface area contributed by atoms with E-state index in [-0.39, 0.29) is 11.5 Å². The molecule has 0 saturated carbocycles. The second-order valence-corrected chi connectivity index (χ2v) is 5.88. The highest BCUT2D eigenvalue weighted by Gasteiger charge is 2.19. The largest absolute Gasteiger partial charge is 0.480 e. The minimum atomic E-state index is -0.773. The summed E-state index contributed by atoms with van der Waals surface area (Å²) in [5.74, 6) is -0.585. The van der Waals surface area contributed by atoms with E-state index in [1.165, 1.54) is 0 Å². The van der Waals surface area contributed by atoms with E-state index in [4.69, 9.17) is 10.5 Å². The van der Waals surface area contributed by atoms with Crippen molar-refractivity contribution in [1.82, 2.24) is 0 Å². The molecule has 1 atom stereocenters. The summed E-state index contributed by atoms with van der Waals surface area (Å²) in [7, 11) is 0. The minimum absolute atomic E-state index is 0.250. The van der Waals surface area contributed by atoms with Gasteiger partial charge >= 0.3 is 0 Å². The lowest BCUT2D eigenvalue weighted by Gasteiger charge is -2.18. The predicted octanol–water partition coefficient (Wildman–Crippen LogP) is 3.12. The zero-order valence-electron chi connectivity index (χ0n) is 14.3. The average molecular weight is 326 g/mol. The fraction of sp³-hybridized carbons (Fsp3) is 0.263. The van der Waals surface area contributed by atoms with Crippen molar-refractivity contribution in [2.45, 2.75) is 33.8 Å². The molecule has 2 rings (SSSR count). The van der Waals surface area contributed by atoms with Crippen LogP contribution in [0.4, 0.5) is 5.69 Å². The molecule has 0 aromatic heterocycles. The standard InChI is InChI=1S/C19H22N2O3/c1-11-9-12(2)17(13(3)10-11)21-19(23)14(4)24-16-8-6-5-7-15(16)18(20)22/h5-10,14H,1-4H3,(H2,20,22)(H,21,23). The van der Waals surface area contributed by atoms with Crippen LogP contribution in [0.15, 0.2) is 36.4 Å². The van der Waals surface area contributed by atoms with Crippen LogP contribution in [-0.4, -0.2) is 17.9 Å². The Labute approximate surface area is 141 Å². The van der Waals surface area contributed by atoms with E-state index in [0.29, 0.717) is 5.75 Å². The molecule has 0 fully saturated rings. The summed E-state index contributed by atoms with van der Waals surface area (Å²) in [5, 5.41) is 2.89. The number of hydrogen-bond donors (Lipinski definition) is 2. The van der Waals surface area contributed by atoms with Crippen LogP contribution in [0.25, 0.3) is 0 Å². The predicted molar refractivity (Wildman–Crippen MR) is 94.3 cm³/mol. The third kappa shape index (κ3) is 3.93. The Morgan fingerprint density at radius 3 is 2.25 bits per heavy atom. The molecule has 24 heavy (non-hydrogen) atoms. The molecular weight excluding hydrogens is 304 g/mol. The first-order chi connectivity index (χ1) is 11.3. The summed E-state index contributed by atoms with van der Waals surface area (Å²) >= 11 is 0. The smallest absolute Gasteiger partial charge is 0.265 e. The van der Waals surface area contributed by atoms with Gasteiger partial charge in [0.15, 0.2) is 6.10 Å². The first-order valence-electron chi connectivity index (χ1n) is 7.73. The van der Waals surface area contributed by atoms with Crippen molar-refractivity contribution >= 4 is 17.5 Å². The van der Waals surface area contributed by atoms with Gasteiger partial charge in [0, 0.05) is 5.69 Å². The molecule has 0 bridgehead atoms. The summed E-state index contributed by atoms with van der Waals surface area (Å²) in [6.45, 7) is 7.54. The van der Waals surface area contributed by atoms with Gasteiger partial charge in [-0.2, -0.15) is 0 Å². The molecule has 3 N–H and O–H groups in total. The number of primary amides is 1. The van der Waals surface area contributed by atoms with Gasteiger partial charge in [0.05, 0.1) is 5.56 Å². The van der Waals surface area contributed by atoms with Crippen LogP contribution in [0.3, 0.4) is 0 Å². The number of benzene rings is 2. The molecule has 0 aliphatic rings. The molecule has 0 aliphatic heterocycles. The molecule has 5 nitrogen and oxygen atoms in total. The third-order valence-electron chi connectivity index (χ3n) is 3.75. The molecule has 0 radical (unpaired) electrons. The molecule has 2 amide bonds. The van der Waals surface area contributed by atoms with Crippen LogP contribution < -0.4 is 15.8 Å². The number of hydrogen-bond acceptors (Lipinski definition) is 3. The summed E-state index contributed by atoms with van der Waals surface area (Å²) < 4.78 is 5.63. The maximum Gasteiger partial charge on any atom is 0.265 e. The van der Waals surface area contributed by atoms with E-state index in [2.05, 4.69) is 5.32 Å². The van der Waals surface area contributed by atoms with Gasteiger partial charge in [0.25, 0.3) is 11.8 Å². The summed E-state index contributed by atoms with van der Waals surface area (Å²) in [5.41, 5.74) is 9.48. The molecule has 126 valence electrons. The van der Waals surface area contributed by atoms with E-state index in [1.807, 2.05) is 32.9 Å². The van der Waals surface area contributed by atoms with Crippen LogP contribution in [0, 0.1) is 20.8 Å². The summed E-state index contributed by atoms with van der Waals surface area (Å²) in [6, 6.07) is 10.6. The van der Waals surface area contributed by atoms with Crippen molar-refractivity contribution in [2.24, 2.45) is 5.73 Å². The highest BCUT2D eigenvalue weighted by molar-refractivity contribution is 5.97. The van der Waals surface area contributed by atoms with Gasteiger partial charge in [-0.05, 0) is 51.0 Å². The van der Waals surface area contributed by atoms with Crippen LogP contribution in [-0.2, 0) is 4.79 Å². The highest BCUT2D eigenvalue weighted by Crippen LogP contribution is 2.23. The fourth-order valence-electron chi connectivity index (χ4n) is 2.62. The normalized spacial score (nSPS) is 11.7. The molecule has 2 aromatic carbocycles. The highest BCUT2D eigenvalue weighted by atomic mass is 16.5. The zero-order chi connectivity index (χ0) is 17.9. The minimum Gasteiger partial charge on any atom is -0.480 e. The first-order valence-corrected chi connectivity index (χ1v) is 7.73. The van der Waals surface area contributed by atoms with Crippen molar-refractivity contribution < 1.29 is 14.3 Å². The third-order valence-corrected chi connectivity index (χ3v) is 3.75. The van der Waals surface area contributed by atoms with E-state index < -0.39 is 12.0 Å². The molecule has 0 aliphatic carbocycles. The second-order valence-electron chi connectivity index (χ2n) is 5.88. The lowest BCUT2D eigenvalue weighted by molar-refractivity contribution is -0.122. The number of nitrogens with one attached hydrogen (secondary N) is 1. The van der Waals surface area contributed by atoms with Gasteiger partial charge in [-0.25, -0.2) is 0 Å². The Kier molecular flexibility index (Phi) is 5.24. The molecular formula is C19H22N2O3. The van der Waals surface area contributed by atoms with Crippen molar-refractivity contribution in [2.75, 3.05) is 5.32 Å². The molecule has 1 unspecified atom stereocenters. The van der Waals surface area contributed by atoms with Gasteiger partial charge in [-0.15, -0.1) is 0 Å². The van der Waals surface area contributed by atoms with Gasteiger partial charge in [-0.1, -0.05) is 29.8 Å². The number of para-hydroxylation sites is 1. The van der Waals surface area contributed by atoms with Gasteiger partial charge in [0.2, 0.25) is 0 Å². The number of carbonyl (C=O) groups is 2. The van der Waals surface area contributed by atoms with Crippen molar-refractivity contribution in [3.8, 4) is 5.75 Å². The van der Waals surface area contributed by atoms with Gasteiger partial charge < -0.3 is 15.8 Å². The van der Waals surface area contributed by atoms with Crippen LogP contribution >= 0.6 is 0 Å². The molecule has 2 aromatic rings. The van der Waals surface area contributed by atoms with E-state index in [0.717, 1.165) is 22.4 Å². The Bertz CT molecular complexity index is 761. The Balaban J connectivity index is 2.16. The monoisotopic (exact) mass is 326 g/mol. The summed E-state index contributed by atoms with van der Waals surface area (Å²) in [4.78, 5) is 23.9. The zero-order valence-corrected chi connectivity index (χ0v) is 14.3. The van der Waals surface area contributed by atoms with Crippen molar-refractivity contribution in [1.29, 1.82) is 0 Å². The lowest BCUT2D eigenvalue weighted by atomic mass is 10.0. The van der Waals surface area contributed by atoms with Crippen molar-refractivity contribution in [3.05, 3.63) is 58.7 Å². The van der Waals surface area contributed by atoms with Crippen LogP contribution in [0.5, 0.6) is 5.75 Å². The first kappa shape index (κ1) is 17.5. The average Bonchev–Trinajstić information content (AvgIpc) is 2.50. The molecule has 5 heteroatoms. The second kappa shape index (κ2) is 7.17. The quantitative estimate of drug-likeness (QED) is 0.886. The number of aryl methyl sites for hydroxylation is 3. The topological polar surface area (TPSA) is 81.4 Å². The Morgan fingerprint density at radius 2 is 1.67 bits per heavy atom. The Hall–Kier alpha value is -2.82. The lowest BCUT2D eigenvalue weighted by Crippen LogP contribution is -2.31. The van der Waals surface area contributed by atoms with E-state index in [9.17, 15) is 9.59 Å². The SMILES string of the molecule is Cc1cc(C)c(NC(=O)C(C)Oc2ccccc2C(N)=O)c(C)c1. The molecule has 0 saturated heterocycles. The van der Waals surface area contributed by atoms with Crippen LogP contribution in [0.2, 0.25) is 0 Å². The maximum absolute atomic E-state index is 12.4. The van der Waals surface area contributed by atoms with Crippen molar-refractivity contribution in [3.63, 3.8) is 0 Å². The maximum atomic E-state index is 12.4. The van der Waals surface area contributed by atoms with E-state index >= 15 is 0 Å². The number of ether oxygens (including phenoxy) is 1.